The second kappa shape index (κ2) is 10.5. The Morgan fingerprint density at radius 1 is 1.14 bits per heavy atom. The zero-order chi connectivity index (χ0) is 25.1. The number of fused-ring (bicyclic) bond motifs is 1. The number of carbonyl (C=O) groups is 2. The van der Waals surface area contributed by atoms with E-state index in [2.05, 4.69) is 18.7 Å². The molecule has 2 aromatic carbocycles. The number of ether oxygens (including phenoxy) is 2. The minimum absolute atomic E-state index is 0.0642. The summed E-state index contributed by atoms with van der Waals surface area (Å²) >= 11 is 0. The van der Waals surface area contributed by atoms with E-state index in [1.54, 1.807) is 11.0 Å². The molecule has 0 saturated carbocycles. The molecular formula is C28H34N2O5. The molecule has 1 amide bonds. The zero-order valence-electron chi connectivity index (χ0n) is 20.9. The van der Waals surface area contributed by atoms with Crippen LogP contribution in [0.5, 0.6) is 11.5 Å². The average Bonchev–Trinajstić information content (AvgIpc) is 3.35. The highest BCUT2D eigenvalue weighted by Crippen LogP contribution is 2.41. The number of aliphatic hydroxyl groups excluding tert-OH is 1. The number of likely N-dealkylation sites (N-methyl/N-ethyl adjacent to an activating group) is 1. The largest absolute Gasteiger partial charge is 0.507 e. The quantitative estimate of drug-likeness (QED) is 0.331. The molecule has 186 valence electrons. The maximum absolute atomic E-state index is 13.3. The molecule has 2 aromatic rings. The van der Waals surface area contributed by atoms with Crippen LogP contribution in [0.4, 0.5) is 0 Å². The average molecular weight is 479 g/mol. The van der Waals surface area contributed by atoms with Crippen LogP contribution in [0.15, 0.2) is 48.0 Å². The number of aliphatic hydroxyl groups is 1. The highest BCUT2D eigenvalue weighted by atomic mass is 16.5. The summed E-state index contributed by atoms with van der Waals surface area (Å²) in [6, 6.07) is 12.1. The summed E-state index contributed by atoms with van der Waals surface area (Å²) in [6.07, 6.45) is 0.795. The van der Waals surface area contributed by atoms with Gasteiger partial charge in [-0.3, -0.25) is 9.59 Å². The highest BCUT2D eigenvalue weighted by Gasteiger charge is 2.46. The molecule has 1 N–H and O–H groups in total. The van der Waals surface area contributed by atoms with Gasteiger partial charge in [0.2, 0.25) is 0 Å². The molecule has 2 heterocycles. The van der Waals surface area contributed by atoms with Crippen molar-refractivity contribution < 1.29 is 24.2 Å². The summed E-state index contributed by atoms with van der Waals surface area (Å²) in [5, 5.41) is 11.4. The van der Waals surface area contributed by atoms with Crippen LogP contribution in [0, 0.1) is 0 Å². The van der Waals surface area contributed by atoms with E-state index in [0.29, 0.717) is 31.0 Å². The van der Waals surface area contributed by atoms with Crippen LogP contribution in [0.3, 0.4) is 0 Å². The van der Waals surface area contributed by atoms with Gasteiger partial charge in [0, 0.05) is 25.1 Å². The molecule has 0 bridgehead atoms. The number of likely N-dealkylation sites (tertiary alicyclic amines) is 1. The topological polar surface area (TPSA) is 79.3 Å². The van der Waals surface area contributed by atoms with Crippen molar-refractivity contribution in [3.63, 3.8) is 0 Å². The highest BCUT2D eigenvalue weighted by molar-refractivity contribution is 6.46. The smallest absolute Gasteiger partial charge is 0.295 e. The molecule has 7 nitrogen and oxygen atoms in total. The number of nitrogens with zero attached hydrogens (tertiary/aromatic N) is 2. The lowest BCUT2D eigenvalue weighted by atomic mass is 9.94. The summed E-state index contributed by atoms with van der Waals surface area (Å²) in [5.41, 5.74) is 2.32. The van der Waals surface area contributed by atoms with Gasteiger partial charge in [-0.15, -0.1) is 0 Å². The van der Waals surface area contributed by atoms with Gasteiger partial charge in [0.15, 0.2) is 0 Å². The molecule has 1 fully saturated rings. The van der Waals surface area contributed by atoms with Gasteiger partial charge in [-0.2, -0.15) is 0 Å². The summed E-state index contributed by atoms with van der Waals surface area (Å²) in [7, 11) is 0. The minimum Gasteiger partial charge on any atom is -0.507 e. The van der Waals surface area contributed by atoms with Crippen molar-refractivity contribution in [3.05, 3.63) is 64.7 Å². The van der Waals surface area contributed by atoms with E-state index >= 15 is 0 Å². The second-order valence-corrected chi connectivity index (χ2v) is 8.98. The Morgan fingerprint density at radius 3 is 2.63 bits per heavy atom. The van der Waals surface area contributed by atoms with Gasteiger partial charge in [-0.05, 0) is 68.4 Å². The standard InChI is InChI=1S/C28H34N2O5/c1-5-29(6-2)13-14-30-25(19-9-8-10-22(17-19)34-7-3)24(27(32)28(30)33)26(31)20-11-12-23-21(16-20)15-18(4)35-23/h8-12,16-18,25,31H,5-7,13-15H2,1-4H3/t18-,25-/m1/s1. The molecule has 2 aliphatic heterocycles. The summed E-state index contributed by atoms with van der Waals surface area (Å²) < 4.78 is 11.5. The van der Waals surface area contributed by atoms with Crippen molar-refractivity contribution in [1.29, 1.82) is 0 Å². The second-order valence-electron chi connectivity index (χ2n) is 8.98. The van der Waals surface area contributed by atoms with Crippen molar-refractivity contribution in [1.82, 2.24) is 9.80 Å². The van der Waals surface area contributed by atoms with Crippen LogP contribution in [0.2, 0.25) is 0 Å². The lowest BCUT2D eigenvalue weighted by molar-refractivity contribution is -0.140. The molecule has 0 aliphatic carbocycles. The molecule has 2 aliphatic rings. The van der Waals surface area contributed by atoms with Gasteiger partial charge in [0.1, 0.15) is 23.4 Å². The molecular weight excluding hydrogens is 444 g/mol. The van der Waals surface area contributed by atoms with E-state index in [4.69, 9.17) is 9.47 Å². The molecule has 0 aromatic heterocycles. The van der Waals surface area contributed by atoms with Crippen LogP contribution >= 0.6 is 0 Å². The Kier molecular flexibility index (Phi) is 7.45. The van der Waals surface area contributed by atoms with E-state index in [1.165, 1.54) is 0 Å². The van der Waals surface area contributed by atoms with Gasteiger partial charge in [-0.25, -0.2) is 0 Å². The summed E-state index contributed by atoms with van der Waals surface area (Å²) in [5.74, 6) is 0.0168. The van der Waals surface area contributed by atoms with Crippen LogP contribution in [0.25, 0.3) is 5.76 Å². The molecule has 4 rings (SSSR count). The van der Waals surface area contributed by atoms with Crippen molar-refractivity contribution in [3.8, 4) is 11.5 Å². The Hall–Kier alpha value is -3.32. The third-order valence-corrected chi connectivity index (χ3v) is 6.75. The number of amides is 1. The first-order valence-electron chi connectivity index (χ1n) is 12.4. The monoisotopic (exact) mass is 478 g/mol. The van der Waals surface area contributed by atoms with Gasteiger partial charge >= 0.3 is 0 Å². The van der Waals surface area contributed by atoms with Crippen molar-refractivity contribution in [2.45, 2.75) is 46.3 Å². The number of carbonyl (C=O) groups excluding carboxylic acids is 2. The number of hydrogen-bond acceptors (Lipinski definition) is 6. The predicted molar refractivity (Wildman–Crippen MR) is 135 cm³/mol. The van der Waals surface area contributed by atoms with Crippen molar-refractivity contribution in [2.24, 2.45) is 0 Å². The maximum Gasteiger partial charge on any atom is 0.295 e. The summed E-state index contributed by atoms with van der Waals surface area (Å²) in [6.45, 7) is 11.2. The maximum atomic E-state index is 13.3. The number of ketones is 1. The predicted octanol–water partition coefficient (Wildman–Crippen LogP) is 4.17. The van der Waals surface area contributed by atoms with E-state index in [-0.39, 0.29) is 17.4 Å². The van der Waals surface area contributed by atoms with E-state index < -0.39 is 17.7 Å². The third kappa shape index (κ3) is 4.91. The number of benzene rings is 2. The Balaban J connectivity index is 1.79. The molecule has 0 radical (unpaired) electrons. The summed E-state index contributed by atoms with van der Waals surface area (Å²) in [4.78, 5) is 30.3. The van der Waals surface area contributed by atoms with Crippen LogP contribution < -0.4 is 9.47 Å². The molecule has 0 unspecified atom stereocenters. The minimum atomic E-state index is -0.700. The number of rotatable bonds is 9. The van der Waals surface area contributed by atoms with Crippen LogP contribution in [-0.2, 0) is 16.0 Å². The molecule has 7 heteroatoms. The first-order chi connectivity index (χ1) is 16.9. The fourth-order valence-electron chi connectivity index (χ4n) is 4.91. The van der Waals surface area contributed by atoms with E-state index in [9.17, 15) is 14.7 Å². The first-order valence-corrected chi connectivity index (χ1v) is 12.4. The van der Waals surface area contributed by atoms with Crippen LogP contribution in [-0.4, -0.2) is 65.5 Å². The van der Waals surface area contributed by atoms with Gasteiger partial charge in [0.25, 0.3) is 11.7 Å². The van der Waals surface area contributed by atoms with Crippen molar-refractivity contribution >= 4 is 17.4 Å². The SMILES string of the molecule is CCOc1cccc([C@@H]2C(=C(O)c3ccc4c(c3)C[C@@H](C)O4)C(=O)C(=O)N2CCN(CC)CC)c1. The van der Waals surface area contributed by atoms with E-state index in [1.807, 2.05) is 50.2 Å². The van der Waals surface area contributed by atoms with Gasteiger partial charge < -0.3 is 24.4 Å². The Bertz CT molecular complexity index is 1140. The normalized spacial score (nSPS) is 20.9. The number of hydrogen-bond donors (Lipinski definition) is 1. The first kappa shape index (κ1) is 24.8. The lowest BCUT2D eigenvalue weighted by Gasteiger charge is -2.28. The Morgan fingerprint density at radius 2 is 1.91 bits per heavy atom. The number of Topliss-reactive ketones (excluding diaryl/α,β-unsaturated/α-hetero) is 1. The Labute approximate surface area is 206 Å². The third-order valence-electron chi connectivity index (χ3n) is 6.75. The van der Waals surface area contributed by atoms with Gasteiger partial charge in [0.05, 0.1) is 18.2 Å². The molecule has 1 saturated heterocycles. The van der Waals surface area contributed by atoms with Gasteiger partial charge in [-0.1, -0.05) is 26.0 Å². The van der Waals surface area contributed by atoms with Crippen molar-refractivity contribution in [2.75, 3.05) is 32.8 Å². The lowest BCUT2D eigenvalue weighted by Crippen LogP contribution is -2.38. The molecule has 2 atom stereocenters. The van der Waals surface area contributed by atoms with Crippen LogP contribution in [0.1, 0.15) is 50.4 Å². The van der Waals surface area contributed by atoms with E-state index in [0.717, 1.165) is 36.4 Å². The molecule has 0 spiro atoms. The molecule has 35 heavy (non-hydrogen) atoms. The fourth-order valence-corrected chi connectivity index (χ4v) is 4.91. The fraction of sp³-hybridized carbons (Fsp3) is 0.429. The zero-order valence-corrected chi connectivity index (χ0v) is 20.9.